The van der Waals surface area contributed by atoms with Crippen molar-refractivity contribution < 1.29 is 9.53 Å². The minimum Gasteiger partial charge on any atom is -0.383 e. The van der Waals surface area contributed by atoms with Gasteiger partial charge in [-0.15, -0.1) is 11.3 Å². The van der Waals surface area contributed by atoms with Crippen LogP contribution in [-0.4, -0.2) is 40.6 Å². The highest BCUT2D eigenvalue weighted by atomic mass is 32.1. The zero-order valence-corrected chi connectivity index (χ0v) is 15.0. The molecule has 3 heterocycles. The monoisotopic (exact) mass is 355 g/mol. The van der Waals surface area contributed by atoms with E-state index < -0.39 is 0 Å². The van der Waals surface area contributed by atoms with Gasteiger partial charge in [0.15, 0.2) is 0 Å². The van der Waals surface area contributed by atoms with Crippen molar-refractivity contribution in [2.24, 2.45) is 0 Å². The largest absolute Gasteiger partial charge is 0.383 e. The summed E-state index contributed by atoms with van der Waals surface area (Å²) in [6.45, 7) is 2.81. The van der Waals surface area contributed by atoms with Crippen LogP contribution < -0.4 is 0 Å². The molecule has 5 nitrogen and oxygen atoms in total. The lowest BCUT2D eigenvalue weighted by molar-refractivity contribution is -0.128. The minimum absolute atomic E-state index is 0.136. The summed E-state index contributed by atoms with van der Waals surface area (Å²) in [6, 6.07) is 12.3. The average Bonchev–Trinajstić information content (AvgIpc) is 3.33. The summed E-state index contributed by atoms with van der Waals surface area (Å²) in [5.74, 6) is 1.35. The molecule has 1 aliphatic rings. The SMILES string of the molecule is COCCn1c(C2CC(=O)N(Cc3cccs3)C2)nc2ccccc21. The molecule has 0 saturated carbocycles. The molecule has 1 amide bonds. The van der Waals surface area contributed by atoms with Crippen LogP contribution in [0.25, 0.3) is 11.0 Å². The lowest BCUT2D eigenvalue weighted by Crippen LogP contribution is -2.24. The third-order valence-electron chi connectivity index (χ3n) is 4.71. The summed E-state index contributed by atoms with van der Waals surface area (Å²) in [5.41, 5.74) is 2.09. The van der Waals surface area contributed by atoms with Gasteiger partial charge in [0.1, 0.15) is 5.82 Å². The molecule has 3 aromatic rings. The number of rotatable bonds is 6. The van der Waals surface area contributed by atoms with Crippen LogP contribution in [0.3, 0.4) is 0 Å². The van der Waals surface area contributed by atoms with Gasteiger partial charge in [-0.3, -0.25) is 4.79 Å². The predicted molar refractivity (Wildman–Crippen MR) is 98.7 cm³/mol. The number of fused-ring (bicyclic) bond motifs is 1. The molecule has 4 rings (SSSR count). The van der Waals surface area contributed by atoms with Gasteiger partial charge in [-0.25, -0.2) is 4.98 Å². The third-order valence-corrected chi connectivity index (χ3v) is 5.57. The summed E-state index contributed by atoms with van der Waals surface area (Å²) in [5, 5.41) is 2.05. The zero-order valence-electron chi connectivity index (χ0n) is 14.2. The molecule has 2 aromatic heterocycles. The second-order valence-corrected chi connectivity index (χ2v) is 7.39. The van der Waals surface area contributed by atoms with E-state index in [0.717, 1.165) is 29.9 Å². The molecular formula is C19H21N3O2S. The lowest BCUT2D eigenvalue weighted by atomic mass is 10.1. The van der Waals surface area contributed by atoms with Crippen LogP contribution in [0.4, 0.5) is 0 Å². The summed E-state index contributed by atoms with van der Waals surface area (Å²) in [6.07, 6.45) is 0.529. The number of ether oxygens (including phenoxy) is 1. The first-order valence-corrected chi connectivity index (χ1v) is 9.38. The second-order valence-electron chi connectivity index (χ2n) is 6.36. The van der Waals surface area contributed by atoms with Crippen LogP contribution >= 0.6 is 11.3 Å². The molecule has 1 saturated heterocycles. The number of para-hydroxylation sites is 2. The minimum atomic E-state index is 0.136. The Morgan fingerprint density at radius 3 is 2.96 bits per heavy atom. The molecule has 0 bridgehead atoms. The van der Waals surface area contributed by atoms with Gasteiger partial charge >= 0.3 is 0 Å². The molecule has 130 valence electrons. The van der Waals surface area contributed by atoms with Crippen molar-refractivity contribution in [1.29, 1.82) is 0 Å². The van der Waals surface area contributed by atoms with E-state index in [0.29, 0.717) is 19.6 Å². The topological polar surface area (TPSA) is 47.4 Å². The number of thiophene rings is 1. The highest BCUT2D eigenvalue weighted by Gasteiger charge is 2.34. The number of hydrogen-bond acceptors (Lipinski definition) is 4. The fourth-order valence-corrected chi connectivity index (χ4v) is 4.23. The molecule has 0 radical (unpaired) electrons. The van der Waals surface area contributed by atoms with E-state index in [4.69, 9.17) is 9.72 Å². The van der Waals surface area contributed by atoms with Crippen molar-refractivity contribution in [3.05, 3.63) is 52.5 Å². The number of methoxy groups -OCH3 is 1. The molecule has 0 aliphatic carbocycles. The van der Waals surface area contributed by atoms with Crippen LogP contribution in [-0.2, 0) is 22.6 Å². The number of aromatic nitrogens is 2. The number of carbonyl (C=O) groups excluding carboxylic acids is 1. The van der Waals surface area contributed by atoms with Crippen molar-refractivity contribution >= 4 is 28.3 Å². The molecule has 1 aliphatic heterocycles. The number of imidazole rings is 1. The Hall–Kier alpha value is -2.18. The number of benzene rings is 1. The molecule has 25 heavy (non-hydrogen) atoms. The van der Waals surface area contributed by atoms with Crippen molar-refractivity contribution in [3.8, 4) is 0 Å². The first-order chi connectivity index (χ1) is 12.3. The predicted octanol–water partition coefficient (Wildman–Crippen LogP) is 3.26. The fraction of sp³-hybridized carbons (Fsp3) is 0.368. The zero-order chi connectivity index (χ0) is 17.2. The Labute approximate surface area is 150 Å². The Morgan fingerprint density at radius 1 is 1.28 bits per heavy atom. The van der Waals surface area contributed by atoms with Gasteiger partial charge < -0.3 is 14.2 Å². The standard InChI is InChI=1S/C19H21N3O2S/c1-24-9-8-22-17-7-3-2-6-16(17)20-19(22)14-11-18(23)21(12-14)13-15-5-4-10-25-15/h2-7,10,14H,8-9,11-13H2,1H3. The molecule has 1 unspecified atom stereocenters. The first kappa shape index (κ1) is 16.3. The van der Waals surface area contributed by atoms with E-state index in [9.17, 15) is 4.79 Å². The molecule has 1 aromatic carbocycles. The summed E-state index contributed by atoms with van der Waals surface area (Å²) in [4.78, 5) is 20.5. The van der Waals surface area contributed by atoms with E-state index in [1.165, 1.54) is 4.88 Å². The number of nitrogens with zero attached hydrogens (tertiary/aromatic N) is 3. The number of amides is 1. The fourth-order valence-electron chi connectivity index (χ4n) is 3.51. The van der Waals surface area contributed by atoms with Gasteiger partial charge in [0.2, 0.25) is 5.91 Å². The molecule has 1 fully saturated rings. The Balaban J connectivity index is 1.62. The maximum Gasteiger partial charge on any atom is 0.223 e. The van der Waals surface area contributed by atoms with Crippen LogP contribution in [0, 0.1) is 0 Å². The molecule has 6 heteroatoms. The third kappa shape index (κ3) is 3.19. The van der Waals surface area contributed by atoms with Gasteiger partial charge in [0, 0.05) is 37.4 Å². The summed E-state index contributed by atoms with van der Waals surface area (Å²) < 4.78 is 7.48. The number of carbonyl (C=O) groups is 1. The Morgan fingerprint density at radius 2 is 2.16 bits per heavy atom. The summed E-state index contributed by atoms with van der Waals surface area (Å²) >= 11 is 1.70. The summed E-state index contributed by atoms with van der Waals surface area (Å²) in [7, 11) is 1.71. The smallest absolute Gasteiger partial charge is 0.223 e. The molecular weight excluding hydrogens is 334 g/mol. The van der Waals surface area contributed by atoms with Gasteiger partial charge in [0.25, 0.3) is 0 Å². The molecule has 1 atom stereocenters. The van der Waals surface area contributed by atoms with Gasteiger partial charge in [-0.2, -0.15) is 0 Å². The first-order valence-electron chi connectivity index (χ1n) is 8.50. The normalized spacial score (nSPS) is 17.7. The highest BCUT2D eigenvalue weighted by molar-refractivity contribution is 7.09. The van der Waals surface area contributed by atoms with E-state index in [1.54, 1.807) is 18.4 Å². The van der Waals surface area contributed by atoms with Crippen molar-refractivity contribution in [2.45, 2.75) is 25.4 Å². The number of hydrogen-bond donors (Lipinski definition) is 0. The quantitative estimate of drug-likeness (QED) is 0.682. The number of likely N-dealkylation sites (tertiary alicyclic amines) is 1. The lowest BCUT2D eigenvalue weighted by Gasteiger charge is -2.16. The maximum absolute atomic E-state index is 12.5. The van der Waals surface area contributed by atoms with E-state index in [1.807, 2.05) is 29.2 Å². The van der Waals surface area contributed by atoms with E-state index in [2.05, 4.69) is 22.1 Å². The highest BCUT2D eigenvalue weighted by Crippen LogP contribution is 2.31. The van der Waals surface area contributed by atoms with Gasteiger partial charge in [-0.1, -0.05) is 18.2 Å². The molecule has 0 N–H and O–H groups in total. The van der Waals surface area contributed by atoms with Crippen molar-refractivity contribution in [2.75, 3.05) is 20.3 Å². The second kappa shape index (κ2) is 6.98. The van der Waals surface area contributed by atoms with E-state index in [-0.39, 0.29) is 11.8 Å². The van der Waals surface area contributed by atoms with Crippen LogP contribution in [0.2, 0.25) is 0 Å². The van der Waals surface area contributed by atoms with Crippen molar-refractivity contribution in [3.63, 3.8) is 0 Å². The Kier molecular flexibility index (Phi) is 4.55. The van der Waals surface area contributed by atoms with E-state index >= 15 is 0 Å². The van der Waals surface area contributed by atoms with Crippen LogP contribution in [0.1, 0.15) is 23.0 Å². The maximum atomic E-state index is 12.5. The average molecular weight is 355 g/mol. The molecule has 0 spiro atoms. The van der Waals surface area contributed by atoms with Gasteiger partial charge in [0.05, 0.1) is 24.2 Å². The van der Waals surface area contributed by atoms with Crippen LogP contribution in [0.15, 0.2) is 41.8 Å². The van der Waals surface area contributed by atoms with Gasteiger partial charge in [-0.05, 0) is 23.6 Å². The van der Waals surface area contributed by atoms with Crippen molar-refractivity contribution in [1.82, 2.24) is 14.5 Å². The van der Waals surface area contributed by atoms with Crippen LogP contribution in [0.5, 0.6) is 0 Å². The Bertz CT molecular complexity index is 872.